The third-order valence-corrected chi connectivity index (χ3v) is 4.63. The Morgan fingerprint density at radius 2 is 2.00 bits per heavy atom. The summed E-state index contributed by atoms with van der Waals surface area (Å²) >= 11 is 0. The molecule has 0 amide bonds. The second-order valence-corrected chi connectivity index (χ2v) is 6.26. The van der Waals surface area contributed by atoms with E-state index in [2.05, 4.69) is 44.5 Å². The van der Waals surface area contributed by atoms with Crippen molar-refractivity contribution in [1.29, 1.82) is 0 Å². The molecule has 7 nitrogen and oxygen atoms in total. The predicted octanol–water partition coefficient (Wildman–Crippen LogP) is 1.62. The van der Waals surface area contributed by atoms with Crippen LogP contribution in [0.15, 0.2) is 30.3 Å². The van der Waals surface area contributed by atoms with E-state index in [0.29, 0.717) is 19.8 Å². The molecule has 1 aromatic carbocycles. The van der Waals surface area contributed by atoms with E-state index >= 15 is 0 Å². The molecule has 1 aromatic heterocycles. The smallest absolute Gasteiger partial charge is 0.223 e. The van der Waals surface area contributed by atoms with Gasteiger partial charge >= 0.3 is 0 Å². The number of morpholine rings is 1. The number of hydrogen-bond donors (Lipinski definition) is 2. The van der Waals surface area contributed by atoms with Crippen LogP contribution in [0.4, 0.5) is 17.6 Å². The van der Waals surface area contributed by atoms with Gasteiger partial charge in [-0.1, -0.05) is 24.3 Å². The molecule has 0 spiro atoms. The summed E-state index contributed by atoms with van der Waals surface area (Å²) in [5.41, 5.74) is 8.51. The van der Waals surface area contributed by atoms with E-state index in [1.54, 1.807) is 0 Å². The molecule has 1 atom stereocenters. The van der Waals surface area contributed by atoms with Gasteiger partial charge < -0.3 is 25.4 Å². The number of nitrogens with zero attached hydrogens (tertiary/aromatic N) is 3. The molecule has 0 radical (unpaired) electrons. The van der Waals surface area contributed by atoms with E-state index in [9.17, 15) is 0 Å². The van der Waals surface area contributed by atoms with Gasteiger partial charge in [-0.15, -0.1) is 0 Å². The van der Waals surface area contributed by atoms with E-state index in [1.165, 1.54) is 11.1 Å². The minimum atomic E-state index is 0.0213. The van der Waals surface area contributed by atoms with E-state index in [4.69, 9.17) is 15.2 Å². The van der Waals surface area contributed by atoms with Crippen molar-refractivity contribution >= 4 is 17.6 Å². The van der Waals surface area contributed by atoms with Crippen molar-refractivity contribution in [2.24, 2.45) is 0 Å². The minimum absolute atomic E-state index is 0.0213. The average Bonchev–Trinajstić information content (AvgIpc) is 2.66. The number of benzene rings is 1. The molecule has 132 valence electrons. The molecule has 3 N–H and O–H groups in total. The SMILES string of the molecule is Nc1nc(NC[C@H]2OCCc3ccccc32)cc(N2CCOCC2)n1. The molecule has 1 fully saturated rings. The monoisotopic (exact) mass is 341 g/mol. The molecule has 7 heteroatoms. The second kappa shape index (κ2) is 7.25. The first-order chi connectivity index (χ1) is 12.3. The van der Waals surface area contributed by atoms with Crippen molar-refractivity contribution < 1.29 is 9.47 Å². The highest BCUT2D eigenvalue weighted by atomic mass is 16.5. The maximum atomic E-state index is 5.94. The summed E-state index contributed by atoms with van der Waals surface area (Å²) in [5, 5.41) is 3.36. The summed E-state index contributed by atoms with van der Waals surface area (Å²) in [5.74, 6) is 1.83. The van der Waals surface area contributed by atoms with Gasteiger partial charge in [-0.3, -0.25) is 0 Å². The molecular weight excluding hydrogens is 318 g/mol. The lowest BCUT2D eigenvalue weighted by Crippen LogP contribution is -2.37. The molecule has 2 aromatic rings. The fraction of sp³-hybridized carbons (Fsp3) is 0.444. The first kappa shape index (κ1) is 16.1. The predicted molar refractivity (Wildman–Crippen MR) is 96.8 cm³/mol. The van der Waals surface area contributed by atoms with Gasteiger partial charge in [0.05, 0.1) is 25.9 Å². The molecule has 0 bridgehead atoms. The molecule has 3 heterocycles. The third-order valence-electron chi connectivity index (χ3n) is 4.63. The molecule has 0 aliphatic carbocycles. The topological polar surface area (TPSA) is 85.5 Å². The largest absolute Gasteiger partial charge is 0.378 e. The zero-order valence-electron chi connectivity index (χ0n) is 14.1. The van der Waals surface area contributed by atoms with E-state index in [1.807, 2.05) is 6.07 Å². The Morgan fingerprint density at radius 3 is 2.88 bits per heavy atom. The van der Waals surface area contributed by atoms with Crippen LogP contribution in [-0.4, -0.2) is 49.4 Å². The van der Waals surface area contributed by atoms with E-state index in [0.717, 1.165) is 37.8 Å². The number of nitrogens with two attached hydrogens (primary N) is 1. The van der Waals surface area contributed by atoms with Gasteiger partial charge in [0.2, 0.25) is 5.95 Å². The summed E-state index contributed by atoms with van der Waals surface area (Å²) in [7, 11) is 0. The van der Waals surface area contributed by atoms with Gasteiger partial charge in [-0.05, 0) is 17.5 Å². The van der Waals surface area contributed by atoms with Crippen LogP contribution in [0, 0.1) is 0 Å². The van der Waals surface area contributed by atoms with Crippen molar-refractivity contribution in [3.8, 4) is 0 Å². The Labute approximate surface area is 147 Å². The van der Waals surface area contributed by atoms with E-state index < -0.39 is 0 Å². The number of anilines is 3. The molecule has 25 heavy (non-hydrogen) atoms. The number of fused-ring (bicyclic) bond motifs is 1. The van der Waals surface area contributed by atoms with Gasteiger partial charge in [0.25, 0.3) is 0 Å². The molecule has 0 unspecified atom stereocenters. The summed E-state index contributed by atoms with van der Waals surface area (Å²) in [6, 6.07) is 10.4. The van der Waals surface area contributed by atoms with Crippen LogP contribution in [0.3, 0.4) is 0 Å². The highest BCUT2D eigenvalue weighted by Crippen LogP contribution is 2.27. The van der Waals surface area contributed by atoms with Crippen LogP contribution in [-0.2, 0) is 15.9 Å². The van der Waals surface area contributed by atoms with Crippen LogP contribution in [0.25, 0.3) is 0 Å². The highest BCUT2D eigenvalue weighted by molar-refractivity contribution is 5.53. The summed E-state index contributed by atoms with van der Waals surface area (Å²) < 4.78 is 11.3. The number of ether oxygens (including phenoxy) is 2. The summed E-state index contributed by atoms with van der Waals surface area (Å²) in [4.78, 5) is 10.8. The molecule has 2 aliphatic rings. The third kappa shape index (κ3) is 3.67. The number of rotatable bonds is 4. The molecule has 0 saturated carbocycles. The number of nitrogens with one attached hydrogen (secondary N) is 1. The normalized spacial score (nSPS) is 20.2. The molecular formula is C18H23N5O2. The van der Waals surface area contributed by atoms with Gasteiger partial charge in [-0.25, -0.2) is 0 Å². The first-order valence-electron chi connectivity index (χ1n) is 8.70. The van der Waals surface area contributed by atoms with Crippen LogP contribution >= 0.6 is 0 Å². The van der Waals surface area contributed by atoms with Crippen molar-refractivity contribution in [3.63, 3.8) is 0 Å². The fourth-order valence-corrected chi connectivity index (χ4v) is 3.34. The van der Waals surface area contributed by atoms with Gasteiger partial charge in [0.15, 0.2) is 0 Å². The fourth-order valence-electron chi connectivity index (χ4n) is 3.34. The Bertz CT molecular complexity index is 733. The second-order valence-electron chi connectivity index (χ2n) is 6.26. The lowest BCUT2D eigenvalue weighted by Gasteiger charge is -2.28. The zero-order valence-corrected chi connectivity index (χ0v) is 14.1. The maximum Gasteiger partial charge on any atom is 0.223 e. The average molecular weight is 341 g/mol. The summed E-state index contributed by atoms with van der Waals surface area (Å²) in [6.07, 6.45) is 0.988. The Morgan fingerprint density at radius 1 is 1.16 bits per heavy atom. The molecule has 4 rings (SSSR count). The zero-order chi connectivity index (χ0) is 17.1. The van der Waals surface area contributed by atoms with Gasteiger partial charge in [0.1, 0.15) is 11.6 Å². The minimum Gasteiger partial charge on any atom is -0.378 e. The van der Waals surface area contributed by atoms with Gasteiger partial charge in [-0.2, -0.15) is 9.97 Å². The lowest BCUT2D eigenvalue weighted by atomic mass is 9.97. The quantitative estimate of drug-likeness (QED) is 0.874. The Kier molecular flexibility index (Phi) is 4.67. The Balaban J connectivity index is 1.47. The maximum absolute atomic E-state index is 5.94. The molecule has 1 saturated heterocycles. The van der Waals surface area contributed by atoms with Crippen molar-refractivity contribution in [2.75, 3.05) is 55.4 Å². The van der Waals surface area contributed by atoms with Crippen LogP contribution in [0.5, 0.6) is 0 Å². The van der Waals surface area contributed by atoms with Crippen molar-refractivity contribution in [1.82, 2.24) is 9.97 Å². The highest BCUT2D eigenvalue weighted by Gasteiger charge is 2.21. The number of nitrogen functional groups attached to an aromatic ring is 1. The van der Waals surface area contributed by atoms with Crippen molar-refractivity contribution in [3.05, 3.63) is 41.5 Å². The van der Waals surface area contributed by atoms with E-state index in [-0.39, 0.29) is 12.1 Å². The van der Waals surface area contributed by atoms with Gasteiger partial charge in [0, 0.05) is 25.7 Å². The van der Waals surface area contributed by atoms with Crippen LogP contribution in [0.2, 0.25) is 0 Å². The van der Waals surface area contributed by atoms with Crippen LogP contribution < -0.4 is 16.0 Å². The first-order valence-corrected chi connectivity index (χ1v) is 8.70. The lowest BCUT2D eigenvalue weighted by molar-refractivity contribution is 0.0513. The Hall–Kier alpha value is -2.38. The molecule has 2 aliphatic heterocycles. The van der Waals surface area contributed by atoms with Crippen molar-refractivity contribution in [2.45, 2.75) is 12.5 Å². The standard InChI is InChI=1S/C18H23N5O2/c19-18-21-16(11-17(22-18)23-6-9-24-10-7-23)20-12-15-14-4-2-1-3-13(14)5-8-25-15/h1-4,11,15H,5-10,12H2,(H3,19,20,21,22)/t15-/m1/s1. The van der Waals surface area contributed by atoms with Crippen LogP contribution in [0.1, 0.15) is 17.2 Å². The number of aromatic nitrogens is 2. The summed E-state index contributed by atoms with van der Waals surface area (Å²) in [6.45, 7) is 4.44. The number of hydrogen-bond acceptors (Lipinski definition) is 7.